The third kappa shape index (κ3) is 6.45. The quantitative estimate of drug-likeness (QED) is 0.242. The minimum absolute atomic E-state index is 0.0156. The number of ether oxygens (including phenoxy) is 1. The summed E-state index contributed by atoms with van der Waals surface area (Å²) in [5, 5.41) is 12.9. The average Bonchev–Trinajstić information content (AvgIpc) is 3.46. The van der Waals surface area contributed by atoms with Crippen molar-refractivity contribution in [1.82, 2.24) is 15.5 Å². The van der Waals surface area contributed by atoms with Crippen LogP contribution in [0.25, 0.3) is 0 Å². The third-order valence-corrected chi connectivity index (χ3v) is 7.00. The number of amidine groups is 1. The van der Waals surface area contributed by atoms with Crippen molar-refractivity contribution in [3.8, 4) is 0 Å². The largest absolute Gasteiger partial charge is 0.453 e. The second-order valence-electron chi connectivity index (χ2n) is 9.55. The van der Waals surface area contributed by atoms with Crippen molar-refractivity contribution in [3.05, 3.63) is 107 Å². The van der Waals surface area contributed by atoms with Gasteiger partial charge in [0.05, 0.1) is 12.7 Å². The lowest BCUT2D eigenvalue weighted by Gasteiger charge is -2.33. The Morgan fingerprint density at radius 3 is 2.23 bits per heavy atom. The van der Waals surface area contributed by atoms with Crippen molar-refractivity contribution in [1.29, 1.82) is 5.41 Å². The number of nitrogen functional groups attached to an aromatic ring is 1. The number of nitrogens with two attached hydrogens (primary N) is 1. The van der Waals surface area contributed by atoms with E-state index in [0.717, 1.165) is 11.1 Å². The van der Waals surface area contributed by atoms with Crippen LogP contribution in [0.4, 0.5) is 9.18 Å². The van der Waals surface area contributed by atoms with Crippen LogP contribution in [0.2, 0.25) is 0 Å². The van der Waals surface area contributed by atoms with Crippen molar-refractivity contribution in [3.63, 3.8) is 0 Å². The predicted octanol–water partition coefficient (Wildman–Crippen LogP) is 3.27. The number of hydrogen-bond donors (Lipinski definition) is 4. The minimum Gasteiger partial charge on any atom is -0.453 e. The molecular formula is C30H32FN5O4. The van der Waals surface area contributed by atoms with Crippen molar-refractivity contribution in [2.75, 3.05) is 13.7 Å². The first-order valence-electron chi connectivity index (χ1n) is 13.0. The van der Waals surface area contributed by atoms with Crippen LogP contribution in [0, 0.1) is 11.2 Å². The molecule has 0 saturated carbocycles. The molecular weight excluding hydrogens is 513 g/mol. The van der Waals surface area contributed by atoms with Crippen LogP contribution < -0.4 is 16.4 Å². The van der Waals surface area contributed by atoms with Gasteiger partial charge in [0.15, 0.2) is 0 Å². The number of rotatable bonds is 9. The Hall–Kier alpha value is -4.73. The number of likely N-dealkylation sites (tertiary alicyclic amines) is 1. The van der Waals surface area contributed by atoms with Crippen molar-refractivity contribution < 1.29 is 23.5 Å². The zero-order valence-electron chi connectivity index (χ0n) is 22.1. The van der Waals surface area contributed by atoms with Crippen LogP contribution in [0.3, 0.4) is 0 Å². The fourth-order valence-electron chi connectivity index (χ4n) is 5.05. The monoisotopic (exact) mass is 545 g/mol. The smallest absolute Gasteiger partial charge is 0.407 e. The molecule has 3 aromatic rings. The number of benzene rings is 3. The molecule has 10 heteroatoms. The van der Waals surface area contributed by atoms with E-state index in [1.807, 2.05) is 60.7 Å². The van der Waals surface area contributed by atoms with Crippen LogP contribution >= 0.6 is 0 Å². The zero-order valence-corrected chi connectivity index (χ0v) is 22.1. The van der Waals surface area contributed by atoms with E-state index in [0.29, 0.717) is 24.9 Å². The summed E-state index contributed by atoms with van der Waals surface area (Å²) < 4.78 is 19.1. The number of nitrogens with one attached hydrogen (secondary N) is 3. The van der Waals surface area contributed by atoms with Gasteiger partial charge in [-0.25, -0.2) is 9.18 Å². The Bertz CT molecular complexity index is 1330. The lowest BCUT2D eigenvalue weighted by Crippen LogP contribution is -2.55. The number of carbonyl (C=O) groups is 3. The summed E-state index contributed by atoms with van der Waals surface area (Å²) in [6.45, 7) is 0.376. The highest BCUT2D eigenvalue weighted by molar-refractivity contribution is 5.95. The molecule has 0 aromatic heterocycles. The highest BCUT2D eigenvalue weighted by atomic mass is 19.1. The molecule has 0 bridgehead atoms. The SMILES string of the molecule is COC(=O)N[C@@H](C(=O)N1CCC[C@H]1C(=O)NCc1ccc(C(=N)N)c(F)c1)C(c1ccccc1)c1ccccc1. The third-order valence-electron chi connectivity index (χ3n) is 7.00. The average molecular weight is 546 g/mol. The molecule has 3 amide bonds. The Labute approximate surface area is 232 Å². The molecule has 3 aromatic carbocycles. The van der Waals surface area contributed by atoms with Gasteiger partial charge in [-0.2, -0.15) is 0 Å². The molecule has 208 valence electrons. The van der Waals surface area contributed by atoms with E-state index in [9.17, 15) is 18.8 Å². The zero-order chi connectivity index (χ0) is 28.6. The molecule has 2 atom stereocenters. The number of alkyl carbamates (subject to hydrolysis) is 1. The van der Waals surface area contributed by atoms with Gasteiger partial charge < -0.3 is 26.0 Å². The molecule has 0 radical (unpaired) electrons. The summed E-state index contributed by atoms with van der Waals surface area (Å²) in [6.07, 6.45) is 0.297. The molecule has 0 unspecified atom stereocenters. The Morgan fingerprint density at radius 2 is 1.68 bits per heavy atom. The van der Waals surface area contributed by atoms with E-state index in [4.69, 9.17) is 15.9 Å². The van der Waals surface area contributed by atoms with Crippen molar-refractivity contribution >= 4 is 23.7 Å². The normalized spacial score (nSPS) is 15.4. The number of methoxy groups -OCH3 is 1. The first kappa shape index (κ1) is 28.3. The molecule has 1 saturated heterocycles. The van der Waals surface area contributed by atoms with Crippen LogP contribution in [-0.4, -0.2) is 54.4 Å². The molecule has 40 heavy (non-hydrogen) atoms. The summed E-state index contributed by atoms with van der Waals surface area (Å²) >= 11 is 0. The maximum atomic E-state index is 14.2. The van der Waals surface area contributed by atoms with Crippen LogP contribution in [0.15, 0.2) is 78.9 Å². The molecule has 0 aliphatic carbocycles. The van der Waals surface area contributed by atoms with Gasteiger partial charge in [0.2, 0.25) is 11.8 Å². The van der Waals surface area contributed by atoms with E-state index in [-0.39, 0.29) is 23.9 Å². The van der Waals surface area contributed by atoms with Gasteiger partial charge in [-0.1, -0.05) is 66.7 Å². The van der Waals surface area contributed by atoms with Gasteiger partial charge in [0.1, 0.15) is 23.7 Å². The second-order valence-corrected chi connectivity index (χ2v) is 9.55. The first-order valence-corrected chi connectivity index (χ1v) is 13.0. The summed E-state index contributed by atoms with van der Waals surface area (Å²) in [7, 11) is 1.23. The Kier molecular flexibility index (Phi) is 9.11. The molecule has 4 rings (SSSR count). The van der Waals surface area contributed by atoms with Gasteiger partial charge >= 0.3 is 6.09 Å². The minimum atomic E-state index is -1.04. The van der Waals surface area contributed by atoms with Gasteiger partial charge in [-0.05, 0) is 41.7 Å². The van der Waals surface area contributed by atoms with Crippen LogP contribution in [-0.2, 0) is 20.9 Å². The second kappa shape index (κ2) is 12.9. The molecule has 1 heterocycles. The molecule has 1 aliphatic heterocycles. The van der Waals surface area contributed by atoms with E-state index in [2.05, 4.69) is 10.6 Å². The number of nitrogens with zero attached hydrogens (tertiary/aromatic N) is 1. The standard InChI is InChI=1S/C30H32FN5O4/c1-40-30(39)35-26(25(20-9-4-2-5-10-20)21-11-6-3-7-12-21)29(38)36-16-8-13-24(36)28(37)34-18-19-14-15-22(27(32)33)23(31)17-19/h2-7,9-12,14-15,17,24-26H,8,13,16,18H2,1H3,(H3,32,33)(H,34,37)(H,35,39)/t24-,26+/m0/s1. The van der Waals surface area contributed by atoms with Gasteiger partial charge in [0, 0.05) is 19.0 Å². The van der Waals surface area contributed by atoms with Gasteiger partial charge in [0.25, 0.3) is 0 Å². The van der Waals surface area contributed by atoms with E-state index >= 15 is 0 Å². The molecule has 9 nitrogen and oxygen atoms in total. The summed E-state index contributed by atoms with van der Waals surface area (Å²) in [5.41, 5.74) is 7.49. The van der Waals surface area contributed by atoms with E-state index in [1.165, 1.54) is 24.1 Å². The van der Waals surface area contributed by atoms with Crippen LogP contribution in [0.5, 0.6) is 0 Å². The fourth-order valence-corrected chi connectivity index (χ4v) is 5.05. The fraction of sp³-hybridized carbons (Fsp3) is 0.267. The lowest BCUT2D eigenvalue weighted by molar-refractivity contribution is -0.140. The summed E-state index contributed by atoms with van der Waals surface area (Å²) in [6, 6.07) is 21.1. The predicted molar refractivity (Wildman–Crippen MR) is 148 cm³/mol. The highest BCUT2D eigenvalue weighted by Crippen LogP contribution is 2.31. The molecule has 5 N–H and O–H groups in total. The maximum absolute atomic E-state index is 14.2. The molecule has 0 spiro atoms. The van der Waals surface area contributed by atoms with E-state index in [1.54, 1.807) is 6.07 Å². The summed E-state index contributed by atoms with van der Waals surface area (Å²) in [5.74, 6) is -2.36. The molecule has 1 aliphatic rings. The number of carbonyl (C=O) groups excluding carboxylic acids is 3. The Balaban J connectivity index is 1.58. The summed E-state index contributed by atoms with van der Waals surface area (Å²) in [4.78, 5) is 41.3. The molecule has 1 fully saturated rings. The van der Waals surface area contributed by atoms with Crippen molar-refractivity contribution in [2.24, 2.45) is 5.73 Å². The topological polar surface area (TPSA) is 138 Å². The number of halogens is 1. The number of hydrogen-bond acceptors (Lipinski definition) is 5. The highest BCUT2D eigenvalue weighted by Gasteiger charge is 2.41. The van der Waals surface area contributed by atoms with E-state index < -0.39 is 35.8 Å². The maximum Gasteiger partial charge on any atom is 0.407 e. The first-order chi connectivity index (χ1) is 19.3. The van der Waals surface area contributed by atoms with Crippen LogP contribution in [0.1, 0.15) is 41.0 Å². The Morgan fingerprint density at radius 1 is 1.05 bits per heavy atom. The van der Waals surface area contributed by atoms with Gasteiger partial charge in [-0.15, -0.1) is 0 Å². The van der Waals surface area contributed by atoms with Crippen molar-refractivity contribution in [2.45, 2.75) is 37.4 Å². The van der Waals surface area contributed by atoms with Gasteiger partial charge in [-0.3, -0.25) is 15.0 Å². The lowest BCUT2D eigenvalue weighted by atomic mass is 9.84. The number of amides is 3.